The number of nitrogens with zero attached hydrogens (tertiary/aromatic N) is 2. The fourth-order valence-electron chi connectivity index (χ4n) is 5.57. The van der Waals surface area contributed by atoms with Crippen molar-refractivity contribution < 1.29 is 23.9 Å². The lowest BCUT2D eigenvalue weighted by molar-refractivity contribution is -0.152. The number of amides is 1. The molecule has 36 heavy (non-hydrogen) atoms. The number of rotatable bonds is 8. The zero-order chi connectivity index (χ0) is 26.0. The molecule has 2 aliphatic heterocycles. The number of unbranched alkanes of at least 4 members (excludes halogenated alkanes) is 3. The third kappa shape index (κ3) is 4.88. The maximum absolute atomic E-state index is 13.6. The topological polar surface area (TPSA) is 85.8 Å². The smallest absolute Gasteiger partial charge is 0.328 e. The predicted octanol–water partition coefficient (Wildman–Crippen LogP) is 5.10. The van der Waals surface area contributed by atoms with Gasteiger partial charge in [0.25, 0.3) is 0 Å². The number of carbonyl (C=O) groups excluding carboxylic acids is 3. The molecule has 3 heterocycles. The Balaban J connectivity index is 1.61. The number of pyridine rings is 1. The molecule has 1 fully saturated rings. The van der Waals surface area contributed by atoms with Crippen molar-refractivity contribution in [2.45, 2.75) is 77.4 Å². The van der Waals surface area contributed by atoms with Gasteiger partial charge in [-0.1, -0.05) is 37.5 Å². The average Bonchev–Trinajstić information content (AvgIpc) is 3.21. The quantitative estimate of drug-likeness (QED) is 0.289. The van der Waals surface area contributed by atoms with E-state index in [4.69, 9.17) is 9.47 Å². The molecule has 1 aromatic carbocycles. The average molecular weight is 493 g/mol. The Morgan fingerprint density at radius 2 is 2.08 bits per heavy atom. The highest BCUT2D eigenvalue weighted by Crippen LogP contribution is 2.45. The number of likely N-dealkylation sites (tertiary alicyclic amines) is 1. The van der Waals surface area contributed by atoms with Crippen LogP contribution in [0.5, 0.6) is 5.75 Å². The predicted molar refractivity (Wildman–Crippen MR) is 138 cm³/mol. The van der Waals surface area contributed by atoms with Crippen molar-refractivity contribution in [1.82, 2.24) is 9.88 Å². The first-order valence-electron chi connectivity index (χ1n) is 12.8. The van der Waals surface area contributed by atoms with Gasteiger partial charge in [-0.25, -0.2) is 9.78 Å². The van der Waals surface area contributed by atoms with Gasteiger partial charge in [-0.3, -0.25) is 9.59 Å². The molecule has 2 aromatic rings. The zero-order valence-corrected chi connectivity index (χ0v) is 21.8. The van der Waals surface area contributed by atoms with Gasteiger partial charge in [-0.05, 0) is 45.2 Å². The molecule has 0 radical (unpaired) electrons. The third-order valence-electron chi connectivity index (χ3n) is 7.47. The molecule has 0 aliphatic carbocycles. The molecule has 1 spiro atoms. The molecule has 0 N–H and O–H groups in total. The van der Waals surface area contributed by atoms with Crippen molar-refractivity contribution in [3.05, 3.63) is 47.7 Å². The number of methoxy groups -OCH3 is 1. The van der Waals surface area contributed by atoms with E-state index in [0.29, 0.717) is 17.0 Å². The lowest BCUT2D eigenvalue weighted by atomic mass is 9.86. The molecule has 0 saturated carbocycles. The number of hydrogen-bond donors (Lipinski definition) is 0. The third-order valence-corrected chi connectivity index (χ3v) is 7.47. The summed E-state index contributed by atoms with van der Waals surface area (Å²) in [4.78, 5) is 46.0. The van der Waals surface area contributed by atoms with Crippen LogP contribution in [0.3, 0.4) is 0 Å². The second-order valence-corrected chi connectivity index (χ2v) is 10.3. The number of Topliss-reactive ketones (excluding diaryl/α,β-unsaturated/α-hetero) is 1. The first kappa shape index (κ1) is 25.9. The highest BCUT2D eigenvalue weighted by atomic mass is 16.5. The number of ketones is 1. The van der Waals surface area contributed by atoms with Crippen LogP contribution in [0, 0.1) is 19.8 Å². The van der Waals surface area contributed by atoms with E-state index in [1.54, 1.807) is 4.90 Å². The minimum Gasteiger partial charge on any atom is -0.482 e. The largest absolute Gasteiger partial charge is 0.482 e. The number of aromatic nitrogens is 1. The second-order valence-electron chi connectivity index (χ2n) is 10.3. The van der Waals surface area contributed by atoms with Gasteiger partial charge in [0.05, 0.1) is 36.8 Å². The second kappa shape index (κ2) is 10.4. The van der Waals surface area contributed by atoms with Crippen LogP contribution < -0.4 is 4.74 Å². The minimum atomic E-state index is -0.980. The van der Waals surface area contributed by atoms with E-state index in [9.17, 15) is 14.4 Å². The van der Waals surface area contributed by atoms with Gasteiger partial charge in [0.15, 0.2) is 11.5 Å². The summed E-state index contributed by atoms with van der Waals surface area (Å²) < 4.78 is 11.6. The monoisotopic (exact) mass is 492 g/mol. The van der Waals surface area contributed by atoms with Gasteiger partial charge in [-0.15, -0.1) is 6.58 Å². The first-order chi connectivity index (χ1) is 17.2. The fourth-order valence-corrected chi connectivity index (χ4v) is 5.57. The summed E-state index contributed by atoms with van der Waals surface area (Å²) >= 11 is 0. The summed E-state index contributed by atoms with van der Waals surface area (Å²) in [6.45, 7) is 9.62. The van der Waals surface area contributed by atoms with Gasteiger partial charge in [-0.2, -0.15) is 0 Å². The summed E-state index contributed by atoms with van der Waals surface area (Å²) in [6.07, 6.45) is 6.95. The molecule has 192 valence electrons. The van der Waals surface area contributed by atoms with Crippen molar-refractivity contribution in [2.75, 3.05) is 13.7 Å². The van der Waals surface area contributed by atoms with Gasteiger partial charge < -0.3 is 14.4 Å². The summed E-state index contributed by atoms with van der Waals surface area (Å²) in [5.41, 5.74) is 1.97. The van der Waals surface area contributed by atoms with Crippen LogP contribution in [0.25, 0.3) is 10.9 Å². The van der Waals surface area contributed by atoms with Crippen LogP contribution in [-0.2, 0) is 14.3 Å². The minimum absolute atomic E-state index is 0.0504. The number of fused-ring (bicyclic) bond motifs is 3. The Kier molecular flexibility index (Phi) is 7.48. The standard InChI is InChI=1S/C29H36N2O5/c1-6-7-8-9-10-11-19(3)27(33)31-17-29(15-23(31)28(34)35-5)16-24(32)25-21-14-18(2)12-13-22(21)30-20(4)26(25)36-29/h6,12-14,19,23H,1,7-11,15-17H2,2-5H3/t19-,23-,29-/m0/s1. The SMILES string of the molecule is C=CCCCCC[C@H](C)C(=O)N1C[C@@]2(CC(=O)c3c(c(C)nc4ccc(C)cc34)O2)C[C@H]1C(=O)OC. The lowest BCUT2D eigenvalue weighted by Crippen LogP contribution is -2.47. The number of benzene rings is 1. The van der Waals surface area contributed by atoms with Crippen LogP contribution in [0.1, 0.15) is 73.5 Å². The van der Waals surface area contributed by atoms with Crippen molar-refractivity contribution in [2.24, 2.45) is 5.92 Å². The summed E-state index contributed by atoms with van der Waals surface area (Å²) in [7, 11) is 1.32. The highest BCUT2D eigenvalue weighted by Gasteiger charge is 2.55. The van der Waals surface area contributed by atoms with Crippen molar-refractivity contribution in [3.63, 3.8) is 0 Å². The van der Waals surface area contributed by atoms with Crippen molar-refractivity contribution in [1.29, 1.82) is 0 Å². The molecule has 1 aromatic heterocycles. The van der Waals surface area contributed by atoms with Gasteiger partial charge in [0.1, 0.15) is 11.6 Å². The first-order valence-corrected chi connectivity index (χ1v) is 12.8. The van der Waals surface area contributed by atoms with E-state index in [1.165, 1.54) is 7.11 Å². The molecule has 7 nitrogen and oxygen atoms in total. The van der Waals surface area contributed by atoms with E-state index in [1.807, 2.05) is 45.0 Å². The van der Waals surface area contributed by atoms with Crippen molar-refractivity contribution in [3.8, 4) is 5.75 Å². The molecule has 0 unspecified atom stereocenters. The van der Waals surface area contributed by atoms with Gasteiger partial charge >= 0.3 is 5.97 Å². The van der Waals surface area contributed by atoms with E-state index >= 15 is 0 Å². The van der Waals surface area contributed by atoms with Crippen LogP contribution in [0.15, 0.2) is 30.9 Å². The van der Waals surface area contributed by atoms with Crippen LogP contribution in [0.4, 0.5) is 0 Å². The highest BCUT2D eigenvalue weighted by molar-refractivity contribution is 6.11. The summed E-state index contributed by atoms with van der Waals surface area (Å²) in [5.74, 6) is -0.415. The number of allylic oxidation sites excluding steroid dienone is 1. The van der Waals surface area contributed by atoms with Crippen LogP contribution in [0.2, 0.25) is 0 Å². The Morgan fingerprint density at radius 1 is 1.31 bits per heavy atom. The molecule has 3 atom stereocenters. The Bertz CT molecular complexity index is 1210. The molecule has 1 amide bonds. The number of esters is 1. The van der Waals surface area contributed by atoms with E-state index in [0.717, 1.165) is 48.6 Å². The normalized spacial score (nSPS) is 21.8. The molecule has 7 heteroatoms. The van der Waals surface area contributed by atoms with E-state index in [2.05, 4.69) is 11.6 Å². The summed E-state index contributed by atoms with van der Waals surface area (Å²) in [5, 5.41) is 0.774. The Morgan fingerprint density at radius 3 is 2.81 bits per heavy atom. The lowest BCUT2D eigenvalue weighted by Gasteiger charge is -2.35. The number of carbonyl (C=O) groups is 3. The molecular formula is C29H36N2O5. The van der Waals surface area contributed by atoms with E-state index < -0.39 is 17.6 Å². The van der Waals surface area contributed by atoms with Crippen molar-refractivity contribution >= 4 is 28.6 Å². The maximum atomic E-state index is 13.6. The molecule has 1 saturated heterocycles. The Hall–Kier alpha value is -3.22. The maximum Gasteiger partial charge on any atom is 0.328 e. The van der Waals surface area contributed by atoms with Gasteiger partial charge in [0.2, 0.25) is 5.91 Å². The molecular weight excluding hydrogens is 456 g/mol. The molecule has 0 bridgehead atoms. The Labute approximate surface area is 212 Å². The van der Waals surface area contributed by atoms with E-state index in [-0.39, 0.29) is 37.0 Å². The molecule has 2 aliphatic rings. The van der Waals surface area contributed by atoms with Crippen LogP contribution in [-0.4, -0.2) is 52.8 Å². The summed E-state index contributed by atoms with van der Waals surface area (Å²) in [6, 6.07) is 5.06. The number of ether oxygens (including phenoxy) is 2. The zero-order valence-electron chi connectivity index (χ0n) is 21.8. The number of hydrogen-bond acceptors (Lipinski definition) is 6. The fraction of sp³-hybridized carbons (Fsp3) is 0.517. The molecule has 4 rings (SSSR count). The number of aryl methyl sites for hydroxylation is 2. The van der Waals surface area contributed by atoms with Crippen LogP contribution >= 0.6 is 0 Å². The van der Waals surface area contributed by atoms with Gasteiger partial charge in [0, 0.05) is 17.7 Å².